The van der Waals surface area contributed by atoms with Crippen molar-refractivity contribution in [1.82, 2.24) is 4.90 Å². The number of rotatable bonds is 12. The number of hydrogen-bond acceptors (Lipinski definition) is 8. The summed E-state index contributed by atoms with van der Waals surface area (Å²) in [5.41, 5.74) is 0.618. The lowest BCUT2D eigenvalue weighted by atomic mass is 10.0. The summed E-state index contributed by atoms with van der Waals surface area (Å²) in [6.45, 7) is 11.0. The molecule has 0 aliphatic rings. The highest BCUT2D eigenvalue weighted by molar-refractivity contribution is 6.01. The largest absolute Gasteiger partial charge is 0.456 e. The first-order valence-corrected chi connectivity index (χ1v) is 13.8. The normalized spacial score (nSPS) is 11.9. The van der Waals surface area contributed by atoms with Crippen LogP contribution in [0.1, 0.15) is 69.4 Å². The van der Waals surface area contributed by atoms with Crippen molar-refractivity contribution in [3.05, 3.63) is 65.2 Å². The van der Waals surface area contributed by atoms with Crippen molar-refractivity contribution in [3.8, 4) is 0 Å². The van der Waals surface area contributed by atoms with Crippen LogP contribution in [0.3, 0.4) is 0 Å². The summed E-state index contributed by atoms with van der Waals surface area (Å²) < 4.78 is 22.0. The van der Waals surface area contributed by atoms with Gasteiger partial charge in [-0.1, -0.05) is 36.4 Å². The molecule has 2 rings (SSSR count). The van der Waals surface area contributed by atoms with Gasteiger partial charge in [-0.15, -0.1) is 0 Å². The molecular weight excluding hydrogens is 540 g/mol. The molecule has 230 valence electrons. The lowest BCUT2D eigenvalue weighted by Gasteiger charge is -2.34. The fraction of sp³-hybridized carbons (Fsp3) is 0.500. The molecule has 0 radical (unpaired) electrons. The zero-order valence-corrected chi connectivity index (χ0v) is 26.2. The number of esters is 1. The number of likely N-dealkylation sites (N-methyl/N-ethyl adjacent to an activating group) is 1. The van der Waals surface area contributed by atoms with E-state index in [-0.39, 0.29) is 18.5 Å². The van der Waals surface area contributed by atoms with Crippen LogP contribution in [0, 0.1) is 0 Å². The molecule has 2 amide bonds. The molecule has 2 aromatic carbocycles. The lowest BCUT2D eigenvalue weighted by molar-refractivity contribution is -0.207. The highest BCUT2D eigenvalue weighted by Crippen LogP contribution is 2.29. The van der Waals surface area contributed by atoms with Crippen molar-refractivity contribution in [1.29, 1.82) is 0 Å². The summed E-state index contributed by atoms with van der Waals surface area (Å²) in [4.78, 5) is 54.2. The Bertz CT molecular complexity index is 1230. The number of carbonyl (C=O) groups excluding carboxylic acids is 4. The van der Waals surface area contributed by atoms with Crippen LogP contribution in [0.25, 0.3) is 0 Å². The molecule has 0 bridgehead atoms. The number of aldehydes is 1. The average molecular weight is 585 g/mol. The van der Waals surface area contributed by atoms with E-state index in [4.69, 9.17) is 18.9 Å². The molecule has 0 N–H and O–H groups in total. The number of nitrogens with zero attached hydrogens (tertiary/aromatic N) is 2. The van der Waals surface area contributed by atoms with Gasteiger partial charge < -0.3 is 33.5 Å². The van der Waals surface area contributed by atoms with Crippen LogP contribution in [0.4, 0.5) is 10.5 Å². The number of amides is 2. The van der Waals surface area contributed by atoms with Gasteiger partial charge in [-0.05, 0) is 71.2 Å². The Kier molecular flexibility index (Phi) is 11.8. The quantitative estimate of drug-likeness (QED) is 0.191. The first-order valence-electron chi connectivity index (χ1n) is 13.8. The molecule has 2 aromatic rings. The first kappa shape index (κ1) is 34.4. The Labute approximate surface area is 248 Å². The van der Waals surface area contributed by atoms with Gasteiger partial charge in [0.2, 0.25) is 0 Å². The maximum absolute atomic E-state index is 13.7. The zero-order valence-electron chi connectivity index (χ0n) is 26.2. The van der Waals surface area contributed by atoms with Crippen LogP contribution in [0.15, 0.2) is 48.5 Å². The van der Waals surface area contributed by atoms with Crippen LogP contribution in [0.5, 0.6) is 0 Å². The molecule has 0 saturated carbocycles. The van der Waals surface area contributed by atoms with Gasteiger partial charge in [-0.25, -0.2) is 9.59 Å². The predicted octanol–water partition coefficient (Wildman–Crippen LogP) is 5.16. The van der Waals surface area contributed by atoms with E-state index in [0.717, 1.165) is 5.56 Å². The lowest BCUT2D eigenvalue weighted by Crippen LogP contribution is -2.51. The van der Waals surface area contributed by atoms with Gasteiger partial charge in [0.15, 0.2) is 0 Å². The molecule has 0 spiro atoms. The zero-order chi connectivity index (χ0) is 31.7. The Morgan fingerprint density at radius 2 is 1.45 bits per heavy atom. The molecule has 0 unspecified atom stereocenters. The van der Waals surface area contributed by atoms with E-state index in [1.165, 1.54) is 32.2 Å². The topological polar surface area (TPSA) is 112 Å². The molecule has 10 nitrogen and oxygen atoms in total. The molecule has 0 heterocycles. The standard InChI is InChI=1S/C32H44N2O8/c1-30(2,3)41-27(36)24-15-16-25(26(21-24)33(7)28(37)32(39-8,40-9)18-20-35)22-34(29(38)42-31(4,5)6)19-17-23-13-11-10-12-14-23/h10-16,20-21H,17-19,22H2,1-9H3. The maximum Gasteiger partial charge on any atom is 0.410 e. The van der Waals surface area contributed by atoms with Gasteiger partial charge in [-0.3, -0.25) is 4.79 Å². The number of hydrogen-bond donors (Lipinski definition) is 0. The van der Waals surface area contributed by atoms with Crippen LogP contribution in [-0.2, 0) is 41.5 Å². The number of benzene rings is 2. The predicted molar refractivity (Wildman–Crippen MR) is 159 cm³/mol. The second-order valence-corrected chi connectivity index (χ2v) is 11.9. The monoisotopic (exact) mass is 584 g/mol. The van der Waals surface area contributed by atoms with Crippen molar-refractivity contribution >= 4 is 29.9 Å². The third-order valence-corrected chi connectivity index (χ3v) is 6.25. The molecular formula is C32H44N2O8. The summed E-state index contributed by atoms with van der Waals surface area (Å²) in [6.07, 6.45) is 0.213. The van der Waals surface area contributed by atoms with Gasteiger partial charge in [0, 0.05) is 33.5 Å². The van der Waals surface area contributed by atoms with Gasteiger partial charge in [0.05, 0.1) is 18.5 Å². The van der Waals surface area contributed by atoms with E-state index >= 15 is 0 Å². The highest BCUT2D eigenvalue weighted by Gasteiger charge is 2.42. The minimum atomic E-state index is -1.88. The third kappa shape index (κ3) is 9.66. The summed E-state index contributed by atoms with van der Waals surface area (Å²) >= 11 is 0. The minimum Gasteiger partial charge on any atom is -0.456 e. The summed E-state index contributed by atoms with van der Waals surface area (Å²) in [5.74, 6) is -3.13. The molecule has 0 fully saturated rings. The van der Waals surface area contributed by atoms with Crippen LogP contribution < -0.4 is 4.90 Å². The van der Waals surface area contributed by atoms with E-state index < -0.39 is 35.0 Å². The van der Waals surface area contributed by atoms with E-state index in [2.05, 4.69) is 0 Å². The Hall–Kier alpha value is -3.76. The van der Waals surface area contributed by atoms with Crippen molar-refractivity contribution in [3.63, 3.8) is 0 Å². The van der Waals surface area contributed by atoms with E-state index in [9.17, 15) is 19.2 Å². The van der Waals surface area contributed by atoms with Gasteiger partial charge in [0.1, 0.15) is 17.5 Å². The van der Waals surface area contributed by atoms with Gasteiger partial charge in [-0.2, -0.15) is 0 Å². The van der Waals surface area contributed by atoms with Crippen molar-refractivity contribution < 1.29 is 38.1 Å². The van der Waals surface area contributed by atoms with Crippen molar-refractivity contribution in [2.45, 2.75) is 77.9 Å². The number of methoxy groups -OCH3 is 2. The number of carbonyl (C=O) groups is 4. The highest BCUT2D eigenvalue weighted by atomic mass is 16.7. The Morgan fingerprint density at radius 1 is 0.857 bits per heavy atom. The van der Waals surface area contributed by atoms with E-state index in [1.54, 1.807) is 58.6 Å². The second kappa shape index (κ2) is 14.4. The molecule has 0 aliphatic carbocycles. The van der Waals surface area contributed by atoms with Gasteiger partial charge >= 0.3 is 12.1 Å². The average Bonchev–Trinajstić information content (AvgIpc) is 2.92. The van der Waals surface area contributed by atoms with E-state index in [1.807, 2.05) is 30.3 Å². The fourth-order valence-electron chi connectivity index (χ4n) is 4.14. The van der Waals surface area contributed by atoms with Gasteiger partial charge in [0.25, 0.3) is 11.7 Å². The number of ether oxygens (including phenoxy) is 4. The molecule has 0 atom stereocenters. The van der Waals surface area contributed by atoms with Crippen molar-refractivity contribution in [2.75, 3.05) is 32.7 Å². The smallest absolute Gasteiger partial charge is 0.410 e. The van der Waals surface area contributed by atoms with Crippen LogP contribution in [0.2, 0.25) is 0 Å². The molecule has 10 heteroatoms. The SMILES string of the molecule is COC(CC=O)(OC)C(=O)N(C)c1cc(C(=O)OC(C)(C)C)ccc1CN(CCc1ccccc1)C(=O)OC(C)(C)C. The molecule has 0 saturated heterocycles. The number of anilines is 1. The first-order chi connectivity index (χ1) is 19.6. The summed E-state index contributed by atoms with van der Waals surface area (Å²) in [6, 6.07) is 14.5. The molecule has 0 aliphatic heterocycles. The summed E-state index contributed by atoms with van der Waals surface area (Å²) in [7, 11) is 4.02. The van der Waals surface area contributed by atoms with Crippen molar-refractivity contribution in [2.24, 2.45) is 0 Å². The summed E-state index contributed by atoms with van der Waals surface area (Å²) in [5, 5.41) is 0. The van der Waals surface area contributed by atoms with Crippen LogP contribution >= 0.6 is 0 Å². The maximum atomic E-state index is 13.7. The Balaban J connectivity index is 2.59. The molecule has 0 aromatic heterocycles. The van der Waals surface area contributed by atoms with E-state index in [0.29, 0.717) is 30.5 Å². The Morgan fingerprint density at radius 3 is 1.98 bits per heavy atom. The fourth-order valence-corrected chi connectivity index (χ4v) is 4.14. The van der Waals surface area contributed by atoms with Crippen LogP contribution in [-0.4, -0.2) is 74.0 Å². The minimum absolute atomic E-state index is 0.0595. The third-order valence-electron chi connectivity index (χ3n) is 6.25. The molecule has 42 heavy (non-hydrogen) atoms. The second-order valence-electron chi connectivity index (χ2n) is 11.9.